The van der Waals surface area contributed by atoms with Crippen LogP contribution >= 0.6 is 11.6 Å². The maximum absolute atomic E-state index is 11.7. The Hall–Kier alpha value is -1.28. The van der Waals surface area contributed by atoms with Gasteiger partial charge in [0, 0.05) is 23.9 Å². The largest absolute Gasteiger partial charge is 0.287 e. The maximum atomic E-state index is 11.7. The second-order valence-electron chi connectivity index (χ2n) is 3.58. The Kier molecular flexibility index (Phi) is 2.78. The number of hydrogen-bond acceptors (Lipinski definition) is 1. The molecule has 0 unspecified atom stereocenters. The van der Waals surface area contributed by atoms with Gasteiger partial charge in [0.1, 0.15) is 0 Å². The molecule has 0 aliphatic heterocycles. The van der Waals surface area contributed by atoms with Crippen molar-refractivity contribution < 1.29 is 4.79 Å². The minimum absolute atomic E-state index is 0.0469. The van der Waals surface area contributed by atoms with Crippen molar-refractivity contribution in [3.05, 3.63) is 36.0 Å². The zero-order valence-electron chi connectivity index (χ0n) is 8.53. The van der Waals surface area contributed by atoms with Crippen molar-refractivity contribution in [2.24, 2.45) is 0 Å². The molecule has 0 atom stereocenters. The van der Waals surface area contributed by atoms with E-state index in [0.717, 1.165) is 16.5 Å². The Morgan fingerprint density at radius 3 is 2.93 bits per heavy atom. The normalized spacial score (nSPS) is 10.8. The van der Waals surface area contributed by atoms with Gasteiger partial charge in [-0.3, -0.25) is 9.36 Å². The zero-order valence-corrected chi connectivity index (χ0v) is 9.29. The molecule has 2 aromatic rings. The topological polar surface area (TPSA) is 22.0 Å². The Labute approximate surface area is 93.5 Å². The average Bonchev–Trinajstić information content (AvgIpc) is 2.60. The van der Waals surface area contributed by atoms with Gasteiger partial charge in [0.15, 0.2) is 0 Å². The van der Waals surface area contributed by atoms with E-state index in [2.05, 4.69) is 0 Å². The summed E-state index contributed by atoms with van der Waals surface area (Å²) in [6.07, 6.45) is 2.18. The van der Waals surface area contributed by atoms with E-state index in [4.69, 9.17) is 11.6 Å². The van der Waals surface area contributed by atoms with E-state index < -0.39 is 0 Å². The van der Waals surface area contributed by atoms with Crippen molar-refractivity contribution in [3.8, 4) is 0 Å². The molecule has 0 amide bonds. The number of carbonyl (C=O) groups is 1. The first-order valence-corrected chi connectivity index (χ1v) is 5.42. The van der Waals surface area contributed by atoms with Crippen LogP contribution in [0.25, 0.3) is 10.9 Å². The quantitative estimate of drug-likeness (QED) is 0.714. The summed E-state index contributed by atoms with van der Waals surface area (Å²) in [5.41, 5.74) is 2.12. The highest BCUT2D eigenvalue weighted by Crippen LogP contribution is 2.17. The minimum Gasteiger partial charge on any atom is -0.287 e. The molecule has 3 heteroatoms. The van der Waals surface area contributed by atoms with E-state index in [0.29, 0.717) is 12.3 Å². The molecule has 1 aromatic carbocycles. The molecular weight excluding hydrogens is 210 g/mol. The van der Waals surface area contributed by atoms with Crippen LogP contribution in [0.2, 0.25) is 0 Å². The fourth-order valence-corrected chi connectivity index (χ4v) is 1.82. The summed E-state index contributed by atoms with van der Waals surface area (Å²) in [5, 5.41) is 1.09. The highest BCUT2D eigenvalue weighted by Gasteiger charge is 2.07. The van der Waals surface area contributed by atoms with Crippen molar-refractivity contribution >= 4 is 28.4 Å². The summed E-state index contributed by atoms with van der Waals surface area (Å²) < 4.78 is 1.67. The van der Waals surface area contributed by atoms with E-state index >= 15 is 0 Å². The van der Waals surface area contributed by atoms with Gasteiger partial charge in [-0.2, -0.15) is 0 Å². The van der Waals surface area contributed by atoms with Crippen LogP contribution in [-0.4, -0.2) is 16.4 Å². The molecule has 0 aliphatic rings. The number of nitrogens with zero attached hydrogens (tertiary/aromatic N) is 1. The Morgan fingerprint density at radius 1 is 1.40 bits per heavy atom. The zero-order chi connectivity index (χ0) is 10.8. The molecule has 2 nitrogen and oxygen atoms in total. The van der Waals surface area contributed by atoms with Crippen molar-refractivity contribution in [1.82, 2.24) is 4.57 Å². The summed E-state index contributed by atoms with van der Waals surface area (Å²) >= 11 is 5.56. The molecule has 0 bridgehead atoms. The molecule has 2 rings (SSSR count). The van der Waals surface area contributed by atoms with E-state index in [-0.39, 0.29) is 5.91 Å². The van der Waals surface area contributed by atoms with Gasteiger partial charge in [-0.1, -0.05) is 12.1 Å². The van der Waals surface area contributed by atoms with Crippen LogP contribution in [0.4, 0.5) is 0 Å². The first-order valence-electron chi connectivity index (χ1n) is 4.89. The van der Waals surface area contributed by atoms with Crippen molar-refractivity contribution in [2.45, 2.75) is 13.3 Å². The van der Waals surface area contributed by atoms with Gasteiger partial charge in [-0.05, 0) is 24.6 Å². The number of benzene rings is 1. The third-order valence-electron chi connectivity index (χ3n) is 2.43. The summed E-state index contributed by atoms with van der Waals surface area (Å²) in [4.78, 5) is 11.7. The standard InChI is InChI=1S/C12H12ClNO/c1-9-2-3-10-5-7-14(11(10)8-9)12(15)4-6-13/h2-3,5,7-8H,4,6H2,1H3. The lowest BCUT2D eigenvalue weighted by Crippen LogP contribution is -2.09. The first kappa shape index (κ1) is 10.2. The minimum atomic E-state index is 0.0469. The SMILES string of the molecule is Cc1ccc2ccn(C(=O)CCCl)c2c1. The van der Waals surface area contributed by atoms with Crippen molar-refractivity contribution in [1.29, 1.82) is 0 Å². The number of rotatable bonds is 2. The molecule has 0 spiro atoms. The van der Waals surface area contributed by atoms with Crippen molar-refractivity contribution in [3.63, 3.8) is 0 Å². The molecule has 1 aromatic heterocycles. The average molecular weight is 222 g/mol. The second-order valence-corrected chi connectivity index (χ2v) is 3.96. The molecule has 15 heavy (non-hydrogen) atoms. The van der Waals surface area contributed by atoms with Crippen LogP contribution in [-0.2, 0) is 0 Å². The molecule has 0 saturated heterocycles. The highest BCUT2D eigenvalue weighted by molar-refractivity contribution is 6.19. The lowest BCUT2D eigenvalue weighted by molar-refractivity contribution is 0.0915. The Bertz CT molecular complexity index is 501. The fraction of sp³-hybridized carbons (Fsp3) is 0.250. The number of halogens is 1. The Balaban J connectivity index is 2.52. The lowest BCUT2D eigenvalue weighted by atomic mass is 10.2. The van der Waals surface area contributed by atoms with Gasteiger partial charge in [-0.25, -0.2) is 0 Å². The Morgan fingerprint density at radius 2 is 2.20 bits per heavy atom. The van der Waals surface area contributed by atoms with Crippen molar-refractivity contribution in [2.75, 3.05) is 5.88 Å². The first-order chi connectivity index (χ1) is 7.22. The number of alkyl halides is 1. The summed E-state index contributed by atoms with van der Waals surface area (Å²) in [6, 6.07) is 8.02. The third kappa shape index (κ3) is 1.90. The molecule has 78 valence electrons. The van der Waals surface area contributed by atoms with Crippen LogP contribution in [0.5, 0.6) is 0 Å². The summed E-state index contributed by atoms with van der Waals surface area (Å²) in [7, 11) is 0. The molecule has 0 N–H and O–H groups in total. The maximum Gasteiger partial charge on any atom is 0.232 e. The second kappa shape index (κ2) is 4.07. The van der Waals surface area contributed by atoms with Gasteiger partial charge < -0.3 is 0 Å². The van der Waals surface area contributed by atoms with Crippen LogP contribution in [0.1, 0.15) is 16.8 Å². The van der Waals surface area contributed by atoms with Crippen LogP contribution in [0, 0.1) is 6.92 Å². The predicted molar refractivity (Wildman–Crippen MR) is 62.6 cm³/mol. The number of fused-ring (bicyclic) bond motifs is 1. The molecule has 0 fully saturated rings. The van der Waals surface area contributed by atoms with E-state index in [9.17, 15) is 4.79 Å². The highest BCUT2D eigenvalue weighted by atomic mass is 35.5. The smallest absolute Gasteiger partial charge is 0.232 e. The number of aromatic nitrogens is 1. The monoisotopic (exact) mass is 221 g/mol. The number of carbonyl (C=O) groups excluding carboxylic acids is 1. The fourth-order valence-electron chi connectivity index (χ4n) is 1.66. The number of hydrogen-bond donors (Lipinski definition) is 0. The lowest BCUT2D eigenvalue weighted by Gasteiger charge is -2.02. The van der Waals surface area contributed by atoms with E-state index in [1.54, 1.807) is 10.8 Å². The number of aryl methyl sites for hydroxylation is 1. The van der Waals surface area contributed by atoms with Gasteiger partial charge in [-0.15, -0.1) is 11.6 Å². The third-order valence-corrected chi connectivity index (χ3v) is 2.61. The predicted octanol–water partition coefficient (Wildman–Crippen LogP) is 3.22. The molecule has 0 radical (unpaired) electrons. The van der Waals surface area contributed by atoms with Crippen LogP contribution in [0.3, 0.4) is 0 Å². The van der Waals surface area contributed by atoms with E-state index in [1.165, 1.54) is 0 Å². The van der Waals surface area contributed by atoms with Gasteiger partial charge in [0.25, 0.3) is 0 Å². The summed E-state index contributed by atoms with van der Waals surface area (Å²) in [6.45, 7) is 2.02. The van der Waals surface area contributed by atoms with Crippen LogP contribution < -0.4 is 0 Å². The van der Waals surface area contributed by atoms with Crippen LogP contribution in [0.15, 0.2) is 30.5 Å². The molecule has 0 aliphatic carbocycles. The van der Waals surface area contributed by atoms with Gasteiger partial charge >= 0.3 is 0 Å². The summed E-state index contributed by atoms with van der Waals surface area (Å²) in [5.74, 6) is 0.412. The van der Waals surface area contributed by atoms with Gasteiger partial charge in [0.05, 0.1) is 5.52 Å². The molecular formula is C12H12ClNO. The molecule has 0 saturated carbocycles. The van der Waals surface area contributed by atoms with Gasteiger partial charge in [0.2, 0.25) is 5.91 Å². The van der Waals surface area contributed by atoms with E-state index in [1.807, 2.05) is 31.2 Å². The molecule has 1 heterocycles.